The van der Waals surface area contributed by atoms with Crippen LogP contribution in [-0.4, -0.2) is 17.4 Å². The maximum Gasteiger partial charge on any atom is 0.258 e. The predicted molar refractivity (Wildman–Crippen MR) is 77.6 cm³/mol. The topological polar surface area (TPSA) is 57.0 Å². The van der Waals surface area contributed by atoms with Crippen molar-refractivity contribution in [2.45, 2.75) is 6.42 Å². The first-order chi connectivity index (χ1) is 10.1. The van der Waals surface area contributed by atoms with Gasteiger partial charge in [0.25, 0.3) is 5.91 Å². The second-order valence-corrected chi connectivity index (χ2v) is 4.60. The SMILES string of the molecule is N#CCCN(C(=O)c1ccnc(Cl)c1)c1ccc(F)cc1. The molecule has 0 aliphatic carbocycles. The quantitative estimate of drug-likeness (QED) is 0.813. The van der Waals surface area contributed by atoms with E-state index in [0.29, 0.717) is 11.3 Å². The molecule has 0 aliphatic rings. The average Bonchev–Trinajstić information content (AvgIpc) is 2.49. The molecule has 0 spiro atoms. The lowest BCUT2D eigenvalue weighted by Gasteiger charge is -2.22. The maximum atomic E-state index is 13.0. The van der Waals surface area contributed by atoms with Crippen molar-refractivity contribution < 1.29 is 9.18 Å². The fraction of sp³-hybridized carbons (Fsp3) is 0.133. The predicted octanol–water partition coefficient (Wildman–Crippen LogP) is 3.43. The number of rotatable bonds is 4. The van der Waals surface area contributed by atoms with Gasteiger partial charge in [-0.2, -0.15) is 5.26 Å². The first kappa shape index (κ1) is 14.9. The molecule has 0 fully saturated rings. The van der Waals surface area contributed by atoms with Gasteiger partial charge in [-0.1, -0.05) is 11.6 Å². The molecule has 0 saturated carbocycles. The molecule has 0 atom stereocenters. The van der Waals surface area contributed by atoms with Crippen LogP contribution in [0.15, 0.2) is 42.6 Å². The molecular formula is C15H11ClFN3O. The van der Waals surface area contributed by atoms with E-state index in [4.69, 9.17) is 16.9 Å². The number of anilines is 1. The Balaban J connectivity index is 2.33. The zero-order chi connectivity index (χ0) is 15.2. The fourth-order valence-electron chi connectivity index (χ4n) is 1.82. The molecule has 0 unspecified atom stereocenters. The first-order valence-electron chi connectivity index (χ1n) is 6.18. The molecular weight excluding hydrogens is 293 g/mol. The van der Waals surface area contributed by atoms with E-state index in [1.807, 2.05) is 6.07 Å². The summed E-state index contributed by atoms with van der Waals surface area (Å²) >= 11 is 5.78. The van der Waals surface area contributed by atoms with E-state index in [9.17, 15) is 9.18 Å². The van der Waals surface area contributed by atoms with Crippen molar-refractivity contribution in [3.63, 3.8) is 0 Å². The highest BCUT2D eigenvalue weighted by Gasteiger charge is 2.18. The van der Waals surface area contributed by atoms with Gasteiger partial charge >= 0.3 is 0 Å². The minimum absolute atomic E-state index is 0.169. The number of pyridine rings is 1. The molecule has 1 aromatic heterocycles. The standard InChI is InChI=1S/C15H11ClFN3O/c16-14-10-11(6-8-19-14)15(21)20(9-1-7-18)13-4-2-12(17)3-5-13/h2-6,8,10H,1,9H2. The van der Waals surface area contributed by atoms with Crippen LogP contribution in [0.3, 0.4) is 0 Å². The first-order valence-corrected chi connectivity index (χ1v) is 6.55. The van der Waals surface area contributed by atoms with Gasteiger partial charge in [-0.15, -0.1) is 0 Å². The number of halogens is 2. The lowest BCUT2D eigenvalue weighted by Crippen LogP contribution is -2.31. The number of carbonyl (C=O) groups is 1. The molecule has 6 heteroatoms. The van der Waals surface area contributed by atoms with Gasteiger partial charge in [0.05, 0.1) is 12.5 Å². The van der Waals surface area contributed by atoms with Crippen LogP contribution in [0.25, 0.3) is 0 Å². The van der Waals surface area contributed by atoms with Crippen molar-refractivity contribution in [3.8, 4) is 6.07 Å². The van der Waals surface area contributed by atoms with E-state index in [2.05, 4.69) is 4.98 Å². The molecule has 1 heterocycles. The summed E-state index contributed by atoms with van der Waals surface area (Å²) in [6.45, 7) is 0.209. The van der Waals surface area contributed by atoms with Crippen LogP contribution in [0.4, 0.5) is 10.1 Å². The lowest BCUT2D eigenvalue weighted by atomic mass is 10.2. The Labute approximate surface area is 126 Å². The molecule has 2 aromatic rings. The second-order valence-electron chi connectivity index (χ2n) is 4.21. The minimum atomic E-state index is -0.390. The number of hydrogen-bond donors (Lipinski definition) is 0. The van der Waals surface area contributed by atoms with Gasteiger partial charge < -0.3 is 4.90 Å². The summed E-state index contributed by atoms with van der Waals surface area (Å²) in [5.41, 5.74) is 0.877. The fourth-order valence-corrected chi connectivity index (χ4v) is 2.00. The number of hydrogen-bond acceptors (Lipinski definition) is 3. The number of nitrogens with zero attached hydrogens (tertiary/aromatic N) is 3. The third-order valence-electron chi connectivity index (χ3n) is 2.80. The van der Waals surface area contributed by atoms with E-state index in [-0.39, 0.29) is 24.0 Å². The van der Waals surface area contributed by atoms with Crippen molar-refractivity contribution >= 4 is 23.2 Å². The Morgan fingerprint density at radius 3 is 2.67 bits per heavy atom. The Morgan fingerprint density at radius 2 is 2.05 bits per heavy atom. The van der Waals surface area contributed by atoms with Crippen molar-refractivity contribution in [1.82, 2.24) is 4.98 Å². The Bertz CT molecular complexity index is 682. The van der Waals surface area contributed by atoms with Crippen LogP contribution in [0.2, 0.25) is 5.15 Å². The monoisotopic (exact) mass is 303 g/mol. The number of carbonyl (C=O) groups excluding carboxylic acids is 1. The zero-order valence-electron chi connectivity index (χ0n) is 11.0. The average molecular weight is 304 g/mol. The summed E-state index contributed by atoms with van der Waals surface area (Å²) in [7, 11) is 0. The molecule has 0 aliphatic heterocycles. The molecule has 0 saturated heterocycles. The van der Waals surface area contributed by atoms with Crippen LogP contribution < -0.4 is 4.90 Å². The summed E-state index contributed by atoms with van der Waals surface area (Å²) in [4.78, 5) is 17.8. The molecule has 4 nitrogen and oxygen atoms in total. The van der Waals surface area contributed by atoms with Gasteiger partial charge in [0.2, 0.25) is 0 Å². The highest BCUT2D eigenvalue weighted by Crippen LogP contribution is 2.19. The maximum absolute atomic E-state index is 13.0. The summed E-state index contributed by atoms with van der Waals surface area (Å²) in [5, 5.41) is 8.93. The Morgan fingerprint density at radius 1 is 1.33 bits per heavy atom. The normalized spacial score (nSPS) is 9.95. The molecule has 1 aromatic carbocycles. The molecule has 21 heavy (non-hydrogen) atoms. The van der Waals surface area contributed by atoms with Crippen LogP contribution in [-0.2, 0) is 0 Å². The molecule has 106 valence electrons. The van der Waals surface area contributed by atoms with Crippen molar-refractivity contribution in [3.05, 3.63) is 59.1 Å². The van der Waals surface area contributed by atoms with Crippen molar-refractivity contribution in [2.75, 3.05) is 11.4 Å². The van der Waals surface area contributed by atoms with Gasteiger partial charge in [-0.3, -0.25) is 4.79 Å². The van der Waals surface area contributed by atoms with Gasteiger partial charge in [-0.25, -0.2) is 9.37 Å². The van der Waals surface area contributed by atoms with Gasteiger partial charge in [0.15, 0.2) is 0 Å². The molecule has 0 N–H and O–H groups in total. The lowest BCUT2D eigenvalue weighted by molar-refractivity contribution is 0.0987. The van der Waals surface area contributed by atoms with E-state index >= 15 is 0 Å². The summed E-state index contributed by atoms with van der Waals surface area (Å²) in [6.07, 6.45) is 1.60. The summed E-state index contributed by atoms with van der Waals surface area (Å²) in [5.74, 6) is -0.709. The molecule has 0 radical (unpaired) electrons. The second kappa shape index (κ2) is 6.82. The third kappa shape index (κ3) is 3.77. The number of aromatic nitrogens is 1. The third-order valence-corrected chi connectivity index (χ3v) is 3.01. The minimum Gasteiger partial charge on any atom is -0.307 e. The number of amides is 1. The zero-order valence-corrected chi connectivity index (χ0v) is 11.7. The van der Waals surface area contributed by atoms with Crippen LogP contribution in [0.5, 0.6) is 0 Å². The van der Waals surface area contributed by atoms with E-state index < -0.39 is 5.82 Å². The van der Waals surface area contributed by atoms with E-state index in [1.165, 1.54) is 47.5 Å². The van der Waals surface area contributed by atoms with E-state index in [1.54, 1.807) is 0 Å². The van der Waals surface area contributed by atoms with Crippen molar-refractivity contribution in [1.29, 1.82) is 5.26 Å². The highest BCUT2D eigenvalue weighted by molar-refractivity contribution is 6.29. The van der Waals surface area contributed by atoms with Crippen molar-refractivity contribution in [2.24, 2.45) is 0 Å². The molecule has 1 amide bonds. The molecule has 0 bridgehead atoms. The number of benzene rings is 1. The summed E-state index contributed by atoms with van der Waals surface area (Å²) < 4.78 is 13.0. The highest BCUT2D eigenvalue weighted by atomic mass is 35.5. The largest absolute Gasteiger partial charge is 0.307 e. The van der Waals surface area contributed by atoms with E-state index in [0.717, 1.165) is 0 Å². The smallest absolute Gasteiger partial charge is 0.258 e. The number of nitriles is 1. The Hall–Kier alpha value is -2.45. The van der Waals surface area contributed by atoms with Gasteiger partial charge in [0, 0.05) is 24.0 Å². The van der Waals surface area contributed by atoms with Gasteiger partial charge in [0.1, 0.15) is 11.0 Å². The molecule has 2 rings (SSSR count). The summed E-state index contributed by atoms with van der Waals surface area (Å²) in [6, 6.07) is 10.5. The van der Waals surface area contributed by atoms with Crippen LogP contribution >= 0.6 is 11.6 Å². The Kier molecular flexibility index (Phi) is 4.85. The van der Waals surface area contributed by atoms with Crippen LogP contribution in [0.1, 0.15) is 16.8 Å². The van der Waals surface area contributed by atoms with Gasteiger partial charge in [-0.05, 0) is 36.4 Å². The van der Waals surface area contributed by atoms with Crippen LogP contribution in [0, 0.1) is 17.1 Å².